The van der Waals surface area contributed by atoms with Crippen molar-refractivity contribution in [2.45, 2.75) is 105 Å². The second kappa shape index (κ2) is 14.3. The van der Waals surface area contributed by atoms with Gasteiger partial charge in [0.1, 0.15) is 0 Å². The van der Waals surface area contributed by atoms with E-state index < -0.39 is 0 Å². The van der Waals surface area contributed by atoms with Crippen molar-refractivity contribution in [3.63, 3.8) is 0 Å². The molecule has 12 aromatic rings. The SMILES string of the molecule is CC(C)(C)c1cc(-c2c3cc4c(cc3c(-c3cc(C(C)(C)C)cc(C(C)(C)C)c3)c3c5ccccc5c5ccccc5c23)-c2ccc3c5cccc6cccc(c7ccc-4c2c73)c65)cc(C(C)(C)C)c1. The molecular formula is C70H62. The maximum atomic E-state index is 2.63. The molecule has 0 heteroatoms. The Balaban J connectivity index is 1.29. The van der Waals surface area contributed by atoms with Crippen LogP contribution in [0.4, 0.5) is 0 Å². The lowest BCUT2D eigenvalue weighted by Crippen LogP contribution is -2.16. The number of benzene rings is 12. The molecule has 0 radical (unpaired) electrons. The van der Waals surface area contributed by atoms with E-state index in [0.29, 0.717) is 0 Å². The zero-order valence-corrected chi connectivity index (χ0v) is 43.0. The molecule has 0 atom stereocenters. The number of fused-ring (bicyclic) bond motifs is 12. The highest BCUT2D eigenvalue weighted by Crippen LogP contribution is 2.57. The van der Waals surface area contributed by atoms with Crippen molar-refractivity contribution in [3.8, 4) is 44.5 Å². The third-order valence-corrected chi connectivity index (χ3v) is 16.3. The molecule has 0 spiro atoms. The Bertz CT molecular complexity index is 3910. The first-order chi connectivity index (χ1) is 33.3. The van der Waals surface area contributed by atoms with Gasteiger partial charge in [-0.15, -0.1) is 0 Å². The van der Waals surface area contributed by atoms with Crippen LogP contribution in [0.25, 0.3) is 131 Å². The summed E-state index contributed by atoms with van der Waals surface area (Å²) in [4.78, 5) is 0. The van der Waals surface area contributed by atoms with Gasteiger partial charge in [-0.2, -0.15) is 0 Å². The van der Waals surface area contributed by atoms with Crippen molar-refractivity contribution in [1.29, 1.82) is 0 Å². The normalized spacial score (nSPS) is 13.4. The van der Waals surface area contributed by atoms with E-state index in [0.717, 1.165) is 0 Å². The summed E-state index contributed by atoms with van der Waals surface area (Å²) in [5.74, 6) is 0. The molecule has 0 bridgehead atoms. The maximum Gasteiger partial charge on any atom is -0.000763 e. The fourth-order valence-electron chi connectivity index (χ4n) is 12.4. The first kappa shape index (κ1) is 43.0. The predicted octanol–water partition coefficient (Wildman–Crippen LogP) is 20.5. The Labute approximate surface area is 413 Å². The average molecular weight is 903 g/mol. The molecule has 342 valence electrons. The maximum absolute atomic E-state index is 2.63. The van der Waals surface area contributed by atoms with Crippen LogP contribution in [-0.4, -0.2) is 0 Å². The van der Waals surface area contributed by atoms with E-state index in [1.54, 1.807) is 0 Å². The lowest BCUT2D eigenvalue weighted by molar-refractivity contribution is 0.568. The third kappa shape index (κ3) is 6.14. The zero-order chi connectivity index (χ0) is 48.6. The molecule has 0 fully saturated rings. The summed E-state index contributed by atoms with van der Waals surface area (Å²) in [6, 6.07) is 62.2. The van der Waals surface area contributed by atoms with E-state index >= 15 is 0 Å². The van der Waals surface area contributed by atoms with Crippen molar-refractivity contribution in [2.75, 3.05) is 0 Å². The van der Waals surface area contributed by atoms with Crippen molar-refractivity contribution < 1.29 is 0 Å². The molecular weight excluding hydrogens is 841 g/mol. The van der Waals surface area contributed by atoms with Crippen molar-refractivity contribution in [3.05, 3.63) is 180 Å². The Morgan fingerprint density at radius 1 is 0.229 bits per heavy atom. The molecule has 13 rings (SSSR count). The van der Waals surface area contributed by atoms with Crippen LogP contribution in [0.3, 0.4) is 0 Å². The van der Waals surface area contributed by atoms with Crippen molar-refractivity contribution in [1.82, 2.24) is 0 Å². The summed E-state index contributed by atoms with van der Waals surface area (Å²) >= 11 is 0. The number of hydrogen-bond acceptors (Lipinski definition) is 0. The molecule has 0 unspecified atom stereocenters. The van der Waals surface area contributed by atoms with Gasteiger partial charge in [-0.05, 0) is 187 Å². The van der Waals surface area contributed by atoms with Crippen LogP contribution in [0.5, 0.6) is 0 Å². The summed E-state index contributed by atoms with van der Waals surface area (Å²) in [6.07, 6.45) is 0. The van der Waals surface area contributed by atoms with E-state index in [2.05, 4.69) is 241 Å². The van der Waals surface area contributed by atoms with Gasteiger partial charge in [0.2, 0.25) is 0 Å². The van der Waals surface area contributed by atoms with E-state index in [1.807, 2.05) is 0 Å². The van der Waals surface area contributed by atoms with Gasteiger partial charge in [-0.1, -0.05) is 229 Å². The van der Waals surface area contributed by atoms with Crippen LogP contribution in [0.1, 0.15) is 105 Å². The van der Waals surface area contributed by atoms with Crippen LogP contribution in [0.15, 0.2) is 158 Å². The molecule has 0 N–H and O–H groups in total. The van der Waals surface area contributed by atoms with E-state index in [-0.39, 0.29) is 21.7 Å². The van der Waals surface area contributed by atoms with Crippen molar-refractivity contribution >= 4 is 86.2 Å². The van der Waals surface area contributed by atoms with Crippen LogP contribution in [0, 0.1) is 0 Å². The highest BCUT2D eigenvalue weighted by Gasteiger charge is 2.31. The second-order valence-corrected chi connectivity index (χ2v) is 24.9. The summed E-state index contributed by atoms with van der Waals surface area (Å²) in [5.41, 5.74) is 15.7. The minimum absolute atomic E-state index is 0.0606. The highest BCUT2D eigenvalue weighted by atomic mass is 14.3. The van der Waals surface area contributed by atoms with Crippen LogP contribution in [-0.2, 0) is 21.7 Å². The largest absolute Gasteiger partial charge is 0.0616 e. The molecule has 70 heavy (non-hydrogen) atoms. The van der Waals surface area contributed by atoms with Crippen LogP contribution < -0.4 is 0 Å². The summed E-state index contributed by atoms with van der Waals surface area (Å²) in [7, 11) is 0. The molecule has 0 saturated carbocycles. The zero-order valence-electron chi connectivity index (χ0n) is 43.0. The Hall–Kier alpha value is -7.02. The summed E-state index contributed by atoms with van der Waals surface area (Å²) < 4.78 is 0. The molecule has 12 aromatic carbocycles. The molecule has 0 saturated heterocycles. The van der Waals surface area contributed by atoms with E-state index in [9.17, 15) is 0 Å². The second-order valence-electron chi connectivity index (χ2n) is 24.9. The lowest BCUT2D eigenvalue weighted by atomic mass is 9.75. The Kier molecular flexibility index (Phi) is 8.79. The monoisotopic (exact) mass is 902 g/mol. The first-order valence-electron chi connectivity index (χ1n) is 25.6. The van der Waals surface area contributed by atoms with Gasteiger partial charge in [0.05, 0.1) is 0 Å². The fourth-order valence-corrected chi connectivity index (χ4v) is 12.4. The fraction of sp³-hybridized carbons (Fsp3) is 0.229. The number of hydrogen-bond donors (Lipinski definition) is 0. The van der Waals surface area contributed by atoms with Gasteiger partial charge < -0.3 is 0 Å². The minimum atomic E-state index is -0.0606. The van der Waals surface area contributed by atoms with Crippen LogP contribution >= 0.6 is 0 Å². The first-order valence-corrected chi connectivity index (χ1v) is 25.6. The van der Waals surface area contributed by atoms with Gasteiger partial charge in [-0.25, -0.2) is 0 Å². The highest BCUT2D eigenvalue weighted by molar-refractivity contribution is 6.40. The quantitative estimate of drug-likeness (QED) is 0.120. The molecule has 1 aliphatic rings. The van der Waals surface area contributed by atoms with Crippen molar-refractivity contribution in [2.24, 2.45) is 0 Å². The van der Waals surface area contributed by atoms with Gasteiger partial charge in [0.25, 0.3) is 0 Å². The average Bonchev–Trinajstić information content (AvgIpc) is 3.64. The molecule has 0 nitrogen and oxygen atoms in total. The van der Waals surface area contributed by atoms with Crippen LogP contribution in [0.2, 0.25) is 0 Å². The molecule has 0 aliphatic heterocycles. The van der Waals surface area contributed by atoms with Gasteiger partial charge >= 0.3 is 0 Å². The molecule has 0 heterocycles. The molecule has 1 aliphatic carbocycles. The van der Waals surface area contributed by atoms with E-state index in [1.165, 1.54) is 153 Å². The summed E-state index contributed by atoms with van der Waals surface area (Å²) in [6.45, 7) is 28.5. The predicted molar refractivity (Wildman–Crippen MR) is 308 cm³/mol. The topological polar surface area (TPSA) is 0 Å². The minimum Gasteiger partial charge on any atom is -0.0616 e. The number of rotatable bonds is 2. The Morgan fingerprint density at radius 2 is 0.557 bits per heavy atom. The Morgan fingerprint density at radius 3 is 0.929 bits per heavy atom. The van der Waals surface area contributed by atoms with Gasteiger partial charge in [0, 0.05) is 0 Å². The van der Waals surface area contributed by atoms with E-state index in [4.69, 9.17) is 0 Å². The molecule has 0 aromatic heterocycles. The standard InChI is InChI=1S/C70H62/c1-67(2,3)42-31-40(32-43(35-42)68(4,5)6)61-58-37-56-54-29-27-52-50-25-17-19-39-20-18-26-51(60(39)50)53-28-30-55(64(54)63(52)53)57(56)38-59(58)62(41-33-44(69(7,8)9)36-45(34-41)70(10,11)12)66-49-24-16-14-22-47(49)46-21-13-15-23-48(46)65(61)66/h13-38H,1-12H3. The summed E-state index contributed by atoms with van der Waals surface area (Å²) in [5, 5.41) is 21.2. The third-order valence-electron chi connectivity index (χ3n) is 16.3. The van der Waals surface area contributed by atoms with Gasteiger partial charge in [-0.3, -0.25) is 0 Å². The smallest absolute Gasteiger partial charge is 0.000763 e. The molecule has 0 amide bonds. The van der Waals surface area contributed by atoms with Gasteiger partial charge in [0.15, 0.2) is 0 Å². The lowest BCUT2D eigenvalue weighted by Gasteiger charge is -2.29.